The predicted molar refractivity (Wildman–Crippen MR) is 47.0 cm³/mol. The van der Waals surface area contributed by atoms with Gasteiger partial charge in [-0.05, 0) is 20.0 Å². The fourth-order valence-corrected chi connectivity index (χ4v) is 0.499. The summed E-state index contributed by atoms with van der Waals surface area (Å²) in [7, 11) is 1.87. The molecule has 0 bridgehead atoms. The van der Waals surface area contributed by atoms with Gasteiger partial charge in [0.25, 0.3) is 0 Å². The first-order valence-corrected chi connectivity index (χ1v) is 3.38. The average molecular weight is 154 g/mol. The molecule has 0 atom stereocenters. The number of allylic oxidation sites excluding steroid dienone is 1. The molecule has 0 aliphatic rings. The molecule has 0 aromatic heterocycles. The molecule has 0 aromatic carbocycles. The molecule has 62 valence electrons. The summed E-state index contributed by atoms with van der Waals surface area (Å²) in [6, 6.07) is 0. The van der Waals surface area contributed by atoms with E-state index in [1.807, 2.05) is 14.0 Å². The normalized spacial score (nSPS) is 11.7. The van der Waals surface area contributed by atoms with Crippen LogP contribution in [-0.2, 0) is 4.84 Å². The van der Waals surface area contributed by atoms with Gasteiger partial charge in [-0.2, -0.15) is 0 Å². The summed E-state index contributed by atoms with van der Waals surface area (Å²) in [4.78, 5) is 6.70. The van der Waals surface area contributed by atoms with E-state index in [0.717, 1.165) is 5.76 Å². The highest BCUT2D eigenvalue weighted by Gasteiger charge is 1.88. The lowest BCUT2D eigenvalue weighted by Crippen LogP contribution is -2.00. The predicted octanol–water partition coefficient (Wildman–Crippen LogP) is 1.95. The Morgan fingerprint density at radius 3 is 2.73 bits per heavy atom. The van der Waals surface area contributed by atoms with Crippen LogP contribution in [0.1, 0.15) is 13.8 Å². The van der Waals surface area contributed by atoms with Gasteiger partial charge in [0.2, 0.25) is 0 Å². The summed E-state index contributed by atoms with van der Waals surface area (Å²) in [5, 5.41) is 3.60. The lowest BCUT2D eigenvalue weighted by atomic mass is 10.6. The molecule has 0 rings (SSSR count). The number of rotatable bonds is 4. The maximum Gasteiger partial charge on any atom is 0.148 e. The van der Waals surface area contributed by atoms with Gasteiger partial charge in [-0.3, -0.25) is 0 Å². The minimum atomic E-state index is 0.727. The smallest absolute Gasteiger partial charge is 0.148 e. The van der Waals surface area contributed by atoms with Crippen LogP contribution >= 0.6 is 0 Å². The topological polar surface area (TPSA) is 24.8 Å². The SMILES string of the molecule is C=CN(C)/C=C(\C)O/N=C/C. The van der Waals surface area contributed by atoms with E-state index in [4.69, 9.17) is 4.84 Å². The van der Waals surface area contributed by atoms with Crippen molar-refractivity contribution in [1.82, 2.24) is 4.90 Å². The Morgan fingerprint density at radius 1 is 1.64 bits per heavy atom. The van der Waals surface area contributed by atoms with Crippen molar-refractivity contribution in [3.05, 3.63) is 24.7 Å². The molecule has 0 N–H and O–H groups in total. The monoisotopic (exact) mass is 154 g/mol. The van der Waals surface area contributed by atoms with Crippen LogP contribution in [0.3, 0.4) is 0 Å². The van der Waals surface area contributed by atoms with Crippen molar-refractivity contribution in [3.8, 4) is 0 Å². The Labute approximate surface area is 67.6 Å². The van der Waals surface area contributed by atoms with Crippen molar-refractivity contribution in [2.24, 2.45) is 5.16 Å². The number of hydrogen-bond donors (Lipinski definition) is 0. The van der Waals surface area contributed by atoms with Crippen molar-refractivity contribution in [3.63, 3.8) is 0 Å². The zero-order chi connectivity index (χ0) is 8.69. The maximum atomic E-state index is 4.90. The van der Waals surface area contributed by atoms with Crippen molar-refractivity contribution in [1.29, 1.82) is 0 Å². The molecular formula is C8H14N2O. The highest BCUT2D eigenvalue weighted by atomic mass is 16.6. The average Bonchev–Trinajstić information content (AvgIpc) is 2.00. The molecule has 0 spiro atoms. The van der Waals surface area contributed by atoms with Crippen LogP contribution in [0, 0.1) is 0 Å². The summed E-state index contributed by atoms with van der Waals surface area (Å²) in [5.41, 5.74) is 0. The molecule has 3 heteroatoms. The van der Waals surface area contributed by atoms with Crippen molar-refractivity contribution in [2.45, 2.75) is 13.8 Å². The third-order valence-electron chi connectivity index (χ3n) is 0.976. The van der Waals surface area contributed by atoms with Gasteiger partial charge < -0.3 is 9.74 Å². The number of hydrogen-bond acceptors (Lipinski definition) is 3. The number of oxime groups is 1. The lowest BCUT2D eigenvalue weighted by Gasteiger charge is -2.06. The van der Waals surface area contributed by atoms with Gasteiger partial charge >= 0.3 is 0 Å². The highest BCUT2D eigenvalue weighted by molar-refractivity contribution is 5.52. The Hall–Kier alpha value is -1.25. The molecule has 0 aliphatic heterocycles. The Bertz CT molecular complexity index is 173. The zero-order valence-corrected chi connectivity index (χ0v) is 7.24. The maximum absolute atomic E-state index is 4.90. The fraction of sp³-hybridized carbons (Fsp3) is 0.375. The molecule has 11 heavy (non-hydrogen) atoms. The second-order valence-electron chi connectivity index (χ2n) is 2.04. The van der Waals surface area contributed by atoms with Crippen LogP contribution < -0.4 is 0 Å². The molecule has 0 heterocycles. The van der Waals surface area contributed by atoms with Crippen molar-refractivity contribution < 1.29 is 4.84 Å². The summed E-state index contributed by atoms with van der Waals surface area (Å²) in [6.07, 6.45) is 5.06. The number of nitrogens with zero attached hydrogens (tertiary/aromatic N) is 2. The van der Waals surface area contributed by atoms with E-state index in [9.17, 15) is 0 Å². The third-order valence-corrected chi connectivity index (χ3v) is 0.976. The van der Waals surface area contributed by atoms with Gasteiger partial charge in [-0.25, -0.2) is 0 Å². The van der Waals surface area contributed by atoms with Crippen molar-refractivity contribution in [2.75, 3.05) is 7.05 Å². The van der Waals surface area contributed by atoms with Crippen LogP contribution in [0.2, 0.25) is 0 Å². The second-order valence-corrected chi connectivity index (χ2v) is 2.04. The van der Waals surface area contributed by atoms with Crippen LogP contribution in [0.4, 0.5) is 0 Å². The second kappa shape index (κ2) is 5.53. The van der Waals surface area contributed by atoms with Crippen LogP contribution in [0.5, 0.6) is 0 Å². The molecule has 0 unspecified atom stereocenters. The molecule has 0 aromatic rings. The summed E-state index contributed by atoms with van der Waals surface area (Å²) < 4.78 is 0. The zero-order valence-electron chi connectivity index (χ0n) is 7.24. The first-order valence-electron chi connectivity index (χ1n) is 3.38. The van der Waals surface area contributed by atoms with E-state index < -0.39 is 0 Å². The van der Waals surface area contributed by atoms with Gasteiger partial charge in [0.1, 0.15) is 5.76 Å². The van der Waals surface area contributed by atoms with E-state index in [1.165, 1.54) is 0 Å². The molecule has 0 amide bonds. The molecule has 0 fully saturated rings. The molecular weight excluding hydrogens is 140 g/mol. The molecule has 0 aliphatic carbocycles. The minimum absolute atomic E-state index is 0.727. The fourth-order valence-electron chi connectivity index (χ4n) is 0.499. The highest BCUT2D eigenvalue weighted by Crippen LogP contribution is 1.97. The van der Waals surface area contributed by atoms with Crippen LogP contribution in [0.15, 0.2) is 29.9 Å². The van der Waals surface area contributed by atoms with Crippen LogP contribution in [-0.4, -0.2) is 18.2 Å². The molecule has 0 saturated heterocycles. The first-order chi connectivity index (χ1) is 5.20. The van der Waals surface area contributed by atoms with Gasteiger partial charge in [0.15, 0.2) is 0 Å². The van der Waals surface area contributed by atoms with Crippen molar-refractivity contribution >= 4 is 6.21 Å². The van der Waals surface area contributed by atoms with E-state index >= 15 is 0 Å². The van der Waals surface area contributed by atoms with E-state index in [-0.39, 0.29) is 0 Å². The van der Waals surface area contributed by atoms with Gasteiger partial charge in [0.05, 0.1) is 0 Å². The molecule has 0 saturated carbocycles. The summed E-state index contributed by atoms with van der Waals surface area (Å²) in [5.74, 6) is 0.727. The standard InChI is InChI=1S/C8H14N2O/c1-5-9-11-8(3)7-10(4)6-2/h5-7H,2H2,1,3-4H3/b8-7+,9-5+. The quantitative estimate of drug-likeness (QED) is 0.351. The largest absolute Gasteiger partial charge is 0.361 e. The minimum Gasteiger partial charge on any atom is -0.361 e. The van der Waals surface area contributed by atoms with Crippen LogP contribution in [0.25, 0.3) is 0 Å². The lowest BCUT2D eigenvalue weighted by molar-refractivity contribution is 0.225. The molecule has 0 radical (unpaired) electrons. The summed E-state index contributed by atoms with van der Waals surface area (Å²) in [6.45, 7) is 7.20. The van der Waals surface area contributed by atoms with Gasteiger partial charge in [-0.1, -0.05) is 11.7 Å². The Kier molecular flexibility index (Phi) is 4.90. The van der Waals surface area contributed by atoms with Gasteiger partial charge in [0, 0.05) is 19.5 Å². The van der Waals surface area contributed by atoms with Gasteiger partial charge in [-0.15, -0.1) is 0 Å². The Morgan fingerprint density at radius 2 is 2.27 bits per heavy atom. The first kappa shape index (κ1) is 9.75. The van der Waals surface area contributed by atoms with E-state index in [1.54, 1.807) is 30.4 Å². The molecule has 3 nitrogen and oxygen atoms in total. The third kappa shape index (κ3) is 5.21. The Balaban J connectivity index is 3.88. The summed E-state index contributed by atoms with van der Waals surface area (Å²) >= 11 is 0. The van der Waals surface area contributed by atoms with E-state index in [0.29, 0.717) is 0 Å². The van der Waals surface area contributed by atoms with E-state index in [2.05, 4.69) is 11.7 Å².